The fourth-order valence-corrected chi connectivity index (χ4v) is 3.86. The van der Waals surface area contributed by atoms with Crippen LogP contribution >= 0.6 is 0 Å². The lowest BCUT2D eigenvalue weighted by Gasteiger charge is -2.23. The number of ether oxygens (including phenoxy) is 2. The summed E-state index contributed by atoms with van der Waals surface area (Å²) in [6.45, 7) is 9.08. The van der Waals surface area contributed by atoms with Crippen molar-refractivity contribution in [2.24, 2.45) is 0 Å². The first kappa shape index (κ1) is 19.7. The third kappa shape index (κ3) is 5.02. The second kappa shape index (κ2) is 9.77. The number of nitrogens with zero attached hydrogens (tertiary/aromatic N) is 1. The van der Waals surface area contributed by atoms with Gasteiger partial charge in [-0.1, -0.05) is 43.3 Å². The monoisotopic (exact) mass is 368 g/mol. The minimum atomic E-state index is 0.548. The summed E-state index contributed by atoms with van der Waals surface area (Å²) in [6.07, 6.45) is 2.60. The topological polar surface area (TPSA) is 33.7 Å². The first-order valence-electron chi connectivity index (χ1n) is 10.0. The van der Waals surface area contributed by atoms with Crippen molar-refractivity contribution in [3.8, 4) is 11.5 Å². The van der Waals surface area contributed by atoms with Gasteiger partial charge >= 0.3 is 0 Å². The molecule has 2 aromatic carbocycles. The number of rotatable bonds is 9. The minimum absolute atomic E-state index is 0.548. The molecule has 1 fully saturated rings. The van der Waals surface area contributed by atoms with E-state index in [2.05, 4.69) is 54.4 Å². The molecule has 1 atom stereocenters. The Morgan fingerprint density at radius 2 is 1.93 bits per heavy atom. The van der Waals surface area contributed by atoms with E-state index in [0.717, 1.165) is 36.7 Å². The molecule has 0 aromatic heterocycles. The van der Waals surface area contributed by atoms with E-state index in [-0.39, 0.29) is 0 Å². The van der Waals surface area contributed by atoms with E-state index in [1.54, 1.807) is 7.11 Å². The molecule has 0 radical (unpaired) electrons. The zero-order valence-corrected chi connectivity index (χ0v) is 16.8. The summed E-state index contributed by atoms with van der Waals surface area (Å²) in [5.74, 6) is 1.63. The molecule has 27 heavy (non-hydrogen) atoms. The molecular formula is C23H32N2O2. The maximum Gasteiger partial charge on any atom is 0.166 e. The van der Waals surface area contributed by atoms with E-state index in [1.165, 1.54) is 30.5 Å². The van der Waals surface area contributed by atoms with Gasteiger partial charge in [-0.3, -0.25) is 4.90 Å². The molecule has 1 heterocycles. The summed E-state index contributed by atoms with van der Waals surface area (Å²) in [4.78, 5) is 2.56. The Labute approximate surface area is 163 Å². The van der Waals surface area contributed by atoms with Crippen molar-refractivity contribution >= 4 is 0 Å². The van der Waals surface area contributed by atoms with E-state index >= 15 is 0 Å². The van der Waals surface area contributed by atoms with Gasteiger partial charge in [0, 0.05) is 24.7 Å². The van der Waals surface area contributed by atoms with Crippen LogP contribution in [0.15, 0.2) is 42.5 Å². The van der Waals surface area contributed by atoms with Crippen molar-refractivity contribution in [1.29, 1.82) is 0 Å². The van der Waals surface area contributed by atoms with Crippen LogP contribution < -0.4 is 14.8 Å². The molecule has 1 aliphatic heterocycles. The SMILES string of the molecule is CCN1CCC[C@@H]1CNCc1cccc(OC)c1OCc1ccccc1C. The predicted molar refractivity (Wildman–Crippen MR) is 110 cm³/mol. The Morgan fingerprint density at radius 3 is 2.70 bits per heavy atom. The number of likely N-dealkylation sites (tertiary alicyclic amines) is 1. The molecule has 0 unspecified atom stereocenters. The molecule has 2 aromatic rings. The number of hydrogen-bond donors (Lipinski definition) is 1. The van der Waals surface area contributed by atoms with Gasteiger partial charge in [0.05, 0.1) is 7.11 Å². The summed E-state index contributed by atoms with van der Waals surface area (Å²) < 4.78 is 11.8. The lowest BCUT2D eigenvalue weighted by molar-refractivity contribution is 0.258. The quantitative estimate of drug-likeness (QED) is 0.721. The Balaban J connectivity index is 1.65. The number of benzene rings is 2. The van der Waals surface area contributed by atoms with Crippen molar-refractivity contribution in [1.82, 2.24) is 10.2 Å². The molecule has 0 spiro atoms. The molecule has 0 saturated carbocycles. The van der Waals surface area contributed by atoms with Crippen LogP contribution in [0.5, 0.6) is 11.5 Å². The molecule has 146 valence electrons. The number of methoxy groups -OCH3 is 1. The molecule has 1 aliphatic rings. The van der Waals surface area contributed by atoms with Crippen LogP contribution in [0.4, 0.5) is 0 Å². The predicted octanol–water partition coefficient (Wildman–Crippen LogP) is 4.16. The summed E-state index contributed by atoms with van der Waals surface area (Å²) in [7, 11) is 1.70. The Bertz CT molecular complexity index is 732. The van der Waals surface area contributed by atoms with Gasteiger partial charge in [0.15, 0.2) is 11.5 Å². The van der Waals surface area contributed by atoms with Gasteiger partial charge < -0.3 is 14.8 Å². The Kier molecular flexibility index (Phi) is 7.13. The molecule has 1 N–H and O–H groups in total. The van der Waals surface area contributed by atoms with Gasteiger partial charge in [0.1, 0.15) is 6.61 Å². The number of hydrogen-bond acceptors (Lipinski definition) is 4. The second-order valence-electron chi connectivity index (χ2n) is 7.22. The summed E-state index contributed by atoms with van der Waals surface area (Å²) in [5, 5.41) is 3.63. The standard InChI is InChI=1S/C23H32N2O2/c1-4-25-14-8-12-21(25)16-24-15-19-11-7-13-22(26-3)23(19)27-17-20-10-6-5-9-18(20)2/h5-7,9-11,13,21,24H,4,8,12,14-17H2,1-3H3/t21-/m1/s1. The third-order valence-electron chi connectivity index (χ3n) is 5.51. The highest BCUT2D eigenvalue weighted by Gasteiger charge is 2.22. The summed E-state index contributed by atoms with van der Waals surface area (Å²) >= 11 is 0. The first-order valence-corrected chi connectivity index (χ1v) is 10.0. The minimum Gasteiger partial charge on any atom is -0.493 e. The zero-order valence-electron chi connectivity index (χ0n) is 16.8. The highest BCUT2D eigenvalue weighted by atomic mass is 16.5. The third-order valence-corrected chi connectivity index (χ3v) is 5.51. The van der Waals surface area contributed by atoms with Crippen LogP contribution in [0.2, 0.25) is 0 Å². The Hall–Kier alpha value is -2.04. The van der Waals surface area contributed by atoms with Crippen molar-refractivity contribution in [3.05, 3.63) is 59.2 Å². The lowest BCUT2D eigenvalue weighted by atomic mass is 10.1. The van der Waals surface area contributed by atoms with Gasteiger partial charge in [0.2, 0.25) is 0 Å². The smallest absolute Gasteiger partial charge is 0.166 e. The molecule has 0 amide bonds. The molecule has 4 nitrogen and oxygen atoms in total. The average Bonchev–Trinajstić information content (AvgIpc) is 3.15. The van der Waals surface area contributed by atoms with E-state index in [4.69, 9.17) is 9.47 Å². The maximum absolute atomic E-state index is 6.22. The van der Waals surface area contributed by atoms with Gasteiger partial charge in [-0.2, -0.15) is 0 Å². The van der Waals surface area contributed by atoms with Crippen molar-refractivity contribution < 1.29 is 9.47 Å². The largest absolute Gasteiger partial charge is 0.493 e. The zero-order chi connectivity index (χ0) is 19.1. The van der Waals surface area contributed by atoms with Crippen molar-refractivity contribution in [2.75, 3.05) is 26.7 Å². The highest BCUT2D eigenvalue weighted by molar-refractivity contribution is 5.46. The number of nitrogens with one attached hydrogen (secondary N) is 1. The maximum atomic E-state index is 6.22. The Morgan fingerprint density at radius 1 is 1.11 bits per heavy atom. The van der Waals surface area contributed by atoms with Crippen LogP contribution in [0, 0.1) is 6.92 Å². The molecule has 1 saturated heterocycles. The fourth-order valence-electron chi connectivity index (χ4n) is 3.86. The van der Waals surface area contributed by atoms with Crippen LogP contribution in [-0.2, 0) is 13.2 Å². The van der Waals surface area contributed by atoms with Crippen LogP contribution in [0.3, 0.4) is 0 Å². The normalized spacial score (nSPS) is 17.2. The molecular weight excluding hydrogens is 336 g/mol. The molecule has 3 rings (SSSR count). The van der Waals surface area contributed by atoms with Gasteiger partial charge in [0.25, 0.3) is 0 Å². The highest BCUT2D eigenvalue weighted by Crippen LogP contribution is 2.32. The number of likely N-dealkylation sites (N-methyl/N-ethyl adjacent to an activating group) is 1. The number of para-hydroxylation sites is 1. The lowest BCUT2D eigenvalue weighted by Crippen LogP contribution is -2.37. The van der Waals surface area contributed by atoms with Gasteiger partial charge in [-0.05, 0) is 50.0 Å². The second-order valence-corrected chi connectivity index (χ2v) is 7.22. The van der Waals surface area contributed by atoms with Gasteiger partial charge in [-0.25, -0.2) is 0 Å². The summed E-state index contributed by atoms with van der Waals surface area (Å²) in [5.41, 5.74) is 3.59. The fraction of sp³-hybridized carbons (Fsp3) is 0.478. The summed E-state index contributed by atoms with van der Waals surface area (Å²) in [6, 6.07) is 15.1. The van der Waals surface area contributed by atoms with Crippen LogP contribution in [0.25, 0.3) is 0 Å². The first-order chi connectivity index (χ1) is 13.2. The number of aryl methyl sites for hydroxylation is 1. The van der Waals surface area contributed by atoms with E-state index in [9.17, 15) is 0 Å². The van der Waals surface area contributed by atoms with Crippen molar-refractivity contribution in [3.63, 3.8) is 0 Å². The van der Waals surface area contributed by atoms with E-state index in [0.29, 0.717) is 12.6 Å². The van der Waals surface area contributed by atoms with Gasteiger partial charge in [-0.15, -0.1) is 0 Å². The van der Waals surface area contributed by atoms with E-state index in [1.807, 2.05) is 12.1 Å². The molecule has 0 bridgehead atoms. The average molecular weight is 369 g/mol. The molecule has 4 heteroatoms. The molecule has 0 aliphatic carbocycles. The van der Waals surface area contributed by atoms with Crippen LogP contribution in [-0.4, -0.2) is 37.7 Å². The van der Waals surface area contributed by atoms with E-state index < -0.39 is 0 Å². The van der Waals surface area contributed by atoms with Crippen LogP contribution in [0.1, 0.15) is 36.5 Å². The van der Waals surface area contributed by atoms with Crippen molar-refractivity contribution in [2.45, 2.75) is 45.9 Å².